The third-order valence-electron chi connectivity index (χ3n) is 3.63. The van der Waals surface area contributed by atoms with Gasteiger partial charge in [0.2, 0.25) is 5.78 Å². The minimum absolute atomic E-state index is 0.254. The second-order valence-corrected chi connectivity index (χ2v) is 7.86. The van der Waals surface area contributed by atoms with E-state index in [-0.39, 0.29) is 10.9 Å². The summed E-state index contributed by atoms with van der Waals surface area (Å²) in [7, 11) is 0.254. The van der Waals surface area contributed by atoms with Crippen molar-refractivity contribution < 1.29 is 4.79 Å². The number of ketones is 1. The highest BCUT2D eigenvalue weighted by molar-refractivity contribution is 7.97. The second-order valence-electron chi connectivity index (χ2n) is 5.53. The first-order chi connectivity index (χ1) is 10.7. The van der Waals surface area contributed by atoms with Crippen molar-refractivity contribution in [3.05, 3.63) is 60.2 Å². The maximum absolute atomic E-state index is 12.5. The molecule has 0 atom stereocenters. The maximum Gasteiger partial charge on any atom is 0.211 e. The van der Waals surface area contributed by atoms with Crippen molar-refractivity contribution in [2.75, 3.05) is 17.3 Å². The summed E-state index contributed by atoms with van der Waals surface area (Å²) in [6.45, 7) is 4.41. The van der Waals surface area contributed by atoms with Crippen molar-refractivity contribution in [2.45, 2.75) is 26.7 Å². The van der Waals surface area contributed by atoms with Crippen LogP contribution in [0.4, 0.5) is 0 Å². The standard InChI is InChI=1S/C20H25OS/c1-3-14-22(15-4-2)16-20(21)19-12-10-18(11-13-19)17-8-6-5-7-9-17/h5-13H,3-4,14-16H2,1-2H3/q+1. The number of benzene rings is 2. The molecule has 0 amide bonds. The van der Waals surface area contributed by atoms with E-state index in [0.29, 0.717) is 11.5 Å². The molecule has 0 bridgehead atoms. The minimum Gasteiger partial charge on any atom is -0.289 e. The van der Waals surface area contributed by atoms with E-state index >= 15 is 0 Å². The third-order valence-corrected chi connectivity index (χ3v) is 6.28. The molecule has 0 spiro atoms. The highest BCUT2D eigenvalue weighted by atomic mass is 32.2. The first-order valence-corrected chi connectivity index (χ1v) is 9.80. The average molecular weight is 313 g/mol. The smallest absolute Gasteiger partial charge is 0.211 e. The van der Waals surface area contributed by atoms with E-state index in [2.05, 4.69) is 38.1 Å². The lowest BCUT2D eigenvalue weighted by Gasteiger charge is -2.07. The molecule has 0 heterocycles. The Balaban J connectivity index is 2.04. The van der Waals surface area contributed by atoms with Crippen LogP contribution in [-0.4, -0.2) is 23.0 Å². The molecule has 0 fully saturated rings. The van der Waals surface area contributed by atoms with E-state index in [0.717, 1.165) is 5.56 Å². The van der Waals surface area contributed by atoms with Gasteiger partial charge in [0.05, 0.1) is 0 Å². The molecule has 2 aromatic rings. The number of hydrogen-bond acceptors (Lipinski definition) is 1. The zero-order valence-electron chi connectivity index (χ0n) is 13.5. The summed E-state index contributed by atoms with van der Waals surface area (Å²) in [5.74, 6) is 3.38. The molecule has 0 aliphatic carbocycles. The van der Waals surface area contributed by atoms with Gasteiger partial charge < -0.3 is 0 Å². The molecule has 0 unspecified atom stereocenters. The highest BCUT2D eigenvalue weighted by Crippen LogP contribution is 2.19. The number of hydrogen-bond donors (Lipinski definition) is 0. The lowest BCUT2D eigenvalue weighted by atomic mass is 10.0. The SMILES string of the molecule is CCC[S+](CCC)CC(=O)c1ccc(-c2ccccc2)cc1. The minimum atomic E-state index is 0.254. The van der Waals surface area contributed by atoms with Gasteiger partial charge in [-0.25, -0.2) is 0 Å². The molecule has 2 heteroatoms. The molecule has 0 aromatic heterocycles. The van der Waals surface area contributed by atoms with Crippen molar-refractivity contribution >= 4 is 16.7 Å². The van der Waals surface area contributed by atoms with Gasteiger partial charge in [-0.15, -0.1) is 0 Å². The molecule has 0 aliphatic rings. The van der Waals surface area contributed by atoms with Crippen molar-refractivity contribution in [3.63, 3.8) is 0 Å². The molecule has 2 rings (SSSR count). The molecule has 0 N–H and O–H groups in total. The normalized spacial score (nSPS) is 10.9. The molecule has 1 nitrogen and oxygen atoms in total. The van der Waals surface area contributed by atoms with Gasteiger partial charge >= 0.3 is 0 Å². The largest absolute Gasteiger partial charge is 0.289 e. The van der Waals surface area contributed by atoms with E-state index in [4.69, 9.17) is 0 Å². The van der Waals surface area contributed by atoms with E-state index in [1.54, 1.807) is 0 Å². The monoisotopic (exact) mass is 313 g/mol. The fraction of sp³-hybridized carbons (Fsp3) is 0.350. The molecule has 0 saturated heterocycles. The van der Waals surface area contributed by atoms with Gasteiger partial charge in [0, 0.05) is 5.56 Å². The lowest BCUT2D eigenvalue weighted by Crippen LogP contribution is -2.22. The summed E-state index contributed by atoms with van der Waals surface area (Å²) in [4.78, 5) is 12.5. The predicted molar refractivity (Wildman–Crippen MR) is 98.8 cm³/mol. The van der Waals surface area contributed by atoms with Gasteiger partial charge in [-0.1, -0.05) is 68.4 Å². The molecular weight excluding hydrogens is 288 g/mol. The van der Waals surface area contributed by atoms with Gasteiger partial charge in [0.15, 0.2) is 5.75 Å². The zero-order valence-corrected chi connectivity index (χ0v) is 14.4. The van der Waals surface area contributed by atoms with Crippen LogP contribution in [0.15, 0.2) is 54.6 Å². The van der Waals surface area contributed by atoms with Gasteiger partial charge in [0.25, 0.3) is 0 Å². The Kier molecular flexibility index (Phi) is 6.73. The van der Waals surface area contributed by atoms with Crippen molar-refractivity contribution in [1.29, 1.82) is 0 Å². The van der Waals surface area contributed by atoms with E-state index in [1.807, 2.05) is 30.3 Å². The zero-order chi connectivity index (χ0) is 15.8. The Labute approximate surface area is 137 Å². The highest BCUT2D eigenvalue weighted by Gasteiger charge is 2.21. The fourth-order valence-electron chi connectivity index (χ4n) is 2.57. The van der Waals surface area contributed by atoms with E-state index in [9.17, 15) is 4.79 Å². The molecule has 2 aromatic carbocycles. The van der Waals surface area contributed by atoms with Crippen LogP contribution in [0, 0.1) is 0 Å². The predicted octanol–water partition coefficient (Wildman–Crippen LogP) is 4.97. The summed E-state index contributed by atoms with van der Waals surface area (Å²) in [5.41, 5.74) is 3.21. The summed E-state index contributed by atoms with van der Waals surface area (Å²) in [6.07, 6.45) is 2.34. The van der Waals surface area contributed by atoms with Crippen LogP contribution in [0.3, 0.4) is 0 Å². The maximum atomic E-state index is 12.5. The Bertz CT molecular complexity index is 568. The number of carbonyl (C=O) groups is 1. The van der Waals surface area contributed by atoms with Crippen molar-refractivity contribution in [2.24, 2.45) is 0 Å². The van der Waals surface area contributed by atoms with Gasteiger partial charge in [-0.2, -0.15) is 0 Å². The number of rotatable bonds is 8. The van der Waals surface area contributed by atoms with Crippen LogP contribution in [0.1, 0.15) is 37.0 Å². The quantitative estimate of drug-likeness (QED) is 0.496. The first-order valence-electron chi connectivity index (χ1n) is 8.07. The van der Waals surface area contributed by atoms with Gasteiger partial charge in [-0.05, 0) is 34.9 Å². The Morgan fingerprint density at radius 3 is 1.91 bits per heavy atom. The Hall–Kier alpha value is -1.54. The van der Waals surface area contributed by atoms with Crippen molar-refractivity contribution in [3.8, 4) is 11.1 Å². The molecule has 0 saturated carbocycles. The van der Waals surface area contributed by atoms with Crippen LogP contribution in [0.25, 0.3) is 11.1 Å². The average Bonchev–Trinajstić information content (AvgIpc) is 2.56. The van der Waals surface area contributed by atoms with Crippen molar-refractivity contribution in [1.82, 2.24) is 0 Å². The van der Waals surface area contributed by atoms with Crippen LogP contribution in [-0.2, 0) is 10.9 Å². The summed E-state index contributed by atoms with van der Waals surface area (Å²) >= 11 is 0. The fourth-order valence-corrected chi connectivity index (χ4v) is 4.76. The van der Waals surface area contributed by atoms with E-state index < -0.39 is 0 Å². The number of Topliss-reactive ketones (excluding diaryl/α,β-unsaturated/α-hetero) is 1. The summed E-state index contributed by atoms with van der Waals surface area (Å²) in [5, 5.41) is 0. The first kappa shape index (κ1) is 16.8. The Morgan fingerprint density at radius 1 is 0.818 bits per heavy atom. The molecule has 22 heavy (non-hydrogen) atoms. The van der Waals surface area contributed by atoms with Gasteiger partial charge in [0.1, 0.15) is 11.5 Å². The molecule has 0 radical (unpaired) electrons. The van der Waals surface area contributed by atoms with E-state index in [1.165, 1.54) is 35.5 Å². The number of carbonyl (C=O) groups excluding carboxylic acids is 1. The van der Waals surface area contributed by atoms with Crippen LogP contribution in [0.5, 0.6) is 0 Å². The lowest BCUT2D eigenvalue weighted by molar-refractivity contribution is 0.102. The second kappa shape index (κ2) is 8.79. The molecule has 0 aliphatic heterocycles. The van der Waals surface area contributed by atoms with Crippen LogP contribution < -0.4 is 0 Å². The van der Waals surface area contributed by atoms with Crippen LogP contribution >= 0.6 is 0 Å². The summed E-state index contributed by atoms with van der Waals surface area (Å²) < 4.78 is 0. The summed E-state index contributed by atoms with van der Waals surface area (Å²) in [6, 6.07) is 18.3. The Morgan fingerprint density at radius 2 is 1.36 bits per heavy atom. The molecule has 116 valence electrons. The topological polar surface area (TPSA) is 17.1 Å². The molecular formula is C20H25OS+. The van der Waals surface area contributed by atoms with Crippen LogP contribution in [0.2, 0.25) is 0 Å². The third kappa shape index (κ3) is 4.74. The van der Waals surface area contributed by atoms with Gasteiger partial charge in [-0.3, -0.25) is 4.79 Å².